The lowest BCUT2D eigenvalue weighted by molar-refractivity contribution is -0.136. The van der Waals surface area contributed by atoms with Crippen LogP contribution in [0.4, 0.5) is 0 Å². The van der Waals surface area contributed by atoms with Crippen LogP contribution in [0, 0.1) is 17.3 Å². The Balaban J connectivity index is 2.23. The molecule has 1 spiro atoms. The molecule has 0 unspecified atom stereocenters. The Kier molecular flexibility index (Phi) is 1.44. The van der Waals surface area contributed by atoms with E-state index < -0.39 is 0 Å². The molecule has 0 saturated carbocycles. The van der Waals surface area contributed by atoms with Crippen molar-refractivity contribution in [3.05, 3.63) is 0 Å². The lowest BCUT2D eigenvalue weighted by atomic mass is 9.78. The van der Waals surface area contributed by atoms with Crippen molar-refractivity contribution < 1.29 is 9.59 Å². The van der Waals surface area contributed by atoms with Gasteiger partial charge in [0.15, 0.2) is 0 Å². The van der Waals surface area contributed by atoms with Gasteiger partial charge in [-0.05, 0) is 6.42 Å². The number of carbonyl (C=O) groups excluding carboxylic acids is 2. The number of imide groups is 1. The van der Waals surface area contributed by atoms with Crippen LogP contribution in [0.2, 0.25) is 0 Å². The Morgan fingerprint density at radius 1 is 1.25 bits per heavy atom. The van der Waals surface area contributed by atoms with Crippen LogP contribution < -0.4 is 5.32 Å². The molecular formula is C9H9NO2. The molecule has 0 bridgehead atoms. The zero-order valence-corrected chi connectivity index (χ0v) is 6.64. The maximum absolute atomic E-state index is 11.0. The predicted molar refractivity (Wildman–Crippen MR) is 41.8 cm³/mol. The topological polar surface area (TPSA) is 46.2 Å². The van der Waals surface area contributed by atoms with E-state index in [4.69, 9.17) is 0 Å². The lowest BCUT2D eigenvalue weighted by Crippen LogP contribution is -2.43. The summed E-state index contributed by atoms with van der Waals surface area (Å²) >= 11 is 0. The van der Waals surface area contributed by atoms with Gasteiger partial charge in [-0.1, -0.05) is 5.92 Å². The average molecular weight is 163 g/mol. The summed E-state index contributed by atoms with van der Waals surface area (Å²) in [6.45, 7) is 0. The third kappa shape index (κ3) is 1.10. The SMILES string of the molecule is O=C1CC2(C#CCC2)CC(=O)N1. The summed E-state index contributed by atoms with van der Waals surface area (Å²) in [4.78, 5) is 22.1. The molecule has 12 heavy (non-hydrogen) atoms. The van der Waals surface area contributed by atoms with E-state index in [1.54, 1.807) is 0 Å². The van der Waals surface area contributed by atoms with Crippen molar-refractivity contribution >= 4 is 11.8 Å². The molecule has 0 aromatic carbocycles. The molecule has 1 aliphatic carbocycles. The molecule has 1 N–H and O–H groups in total. The number of carbonyl (C=O) groups is 2. The van der Waals surface area contributed by atoms with Gasteiger partial charge in [0.05, 0.1) is 0 Å². The van der Waals surface area contributed by atoms with E-state index in [-0.39, 0.29) is 17.2 Å². The van der Waals surface area contributed by atoms with Crippen molar-refractivity contribution in [2.45, 2.75) is 25.7 Å². The van der Waals surface area contributed by atoms with Crippen molar-refractivity contribution in [3.8, 4) is 11.8 Å². The van der Waals surface area contributed by atoms with E-state index >= 15 is 0 Å². The second kappa shape index (κ2) is 2.34. The van der Waals surface area contributed by atoms with Gasteiger partial charge in [0.25, 0.3) is 0 Å². The number of hydrogen-bond donors (Lipinski definition) is 1. The summed E-state index contributed by atoms with van der Waals surface area (Å²) in [6, 6.07) is 0. The lowest BCUT2D eigenvalue weighted by Gasteiger charge is -2.28. The molecule has 1 fully saturated rings. The van der Waals surface area contributed by atoms with Crippen LogP contribution >= 0.6 is 0 Å². The molecule has 62 valence electrons. The van der Waals surface area contributed by atoms with Crippen molar-refractivity contribution in [1.29, 1.82) is 0 Å². The van der Waals surface area contributed by atoms with Crippen LogP contribution in [-0.2, 0) is 9.59 Å². The highest BCUT2D eigenvalue weighted by molar-refractivity contribution is 5.99. The third-order valence-corrected chi connectivity index (χ3v) is 2.36. The zero-order valence-electron chi connectivity index (χ0n) is 6.64. The van der Waals surface area contributed by atoms with Gasteiger partial charge in [-0.2, -0.15) is 0 Å². The molecule has 3 nitrogen and oxygen atoms in total. The highest BCUT2D eigenvalue weighted by atomic mass is 16.2. The molecule has 1 aliphatic heterocycles. The van der Waals surface area contributed by atoms with E-state index in [0.29, 0.717) is 12.8 Å². The van der Waals surface area contributed by atoms with Crippen molar-refractivity contribution in [1.82, 2.24) is 5.32 Å². The van der Waals surface area contributed by atoms with Crippen LogP contribution in [0.5, 0.6) is 0 Å². The number of amides is 2. The second-order valence-electron chi connectivity index (χ2n) is 3.41. The maximum atomic E-state index is 11.0. The monoisotopic (exact) mass is 163 g/mol. The van der Waals surface area contributed by atoms with Crippen LogP contribution in [0.15, 0.2) is 0 Å². The smallest absolute Gasteiger partial charge is 0.228 e. The first kappa shape index (κ1) is 7.35. The van der Waals surface area contributed by atoms with Gasteiger partial charge in [-0.25, -0.2) is 0 Å². The van der Waals surface area contributed by atoms with Gasteiger partial charge in [-0.3, -0.25) is 14.9 Å². The summed E-state index contributed by atoms with van der Waals surface area (Å²) < 4.78 is 0. The highest BCUT2D eigenvalue weighted by Crippen LogP contribution is 2.36. The van der Waals surface area contributed by atoms with Crippen molar-refractivity contribution in [2.24, 2.45) is 5.41 Å². The third-order valence-electron chi connectivity index (χ3n) is 2.36. The minimum atomic E-state index is -0.306. The highest BCUT2D eigenvalue weighted by Gasteiger charge is 2.39. The number of nitrogens with one attached hydrogen (secondary N) is 1. The van der Waals surface area contributed by atoms with E-state index in [9.17, 15) is 9.59 Å². The second-order valence-corrected chi connectivity index (χ2v) is 3.41. The molecule has 1 saturated heterocycles. The fourth-order valence-corrected chi connectivity index (χ4v) is 1.80. The largest absolute Gasteiger partial charge is 0.296 e. The van der Waals surface area contributed by atoms with Crippen LogP contribution in [0.3, 0.4) is 0 Å². The summed E-state index contributed by atoms with van der Waals surface area (Å²) in [7, 11) is 0. The minimum absolute atomic E-state index is 0.178. The predicted octanol–water partition coefficient (Wildman–Crippen LogP) is 0.207. The minimum Gasteiger partial charge on any atom is -0.296 e. The molecule has 0 radical (unpaired) electrons. The van der Waals surface area contributed by atoms with Gasteiger partial charge in [0.2, 0.25) is 11.8 Å². The quantitative estimate of drug-likeness (QED) is 0.410. The van der Waals surface area contributed by atoms with E-state index in [2.05, 4.69) is 17.2 Å². The van der Waals surface area contributed by atoms with Gasteiger partial charge in [-0.15, -0.1) is 5.92 Å². The first-order chi connectivity index (χ1) is 5.70. The van der Waals surface area contributed by atoms with Gasteiger partial charge in [0, 0.05) is 24.7 Å². The van der Waals surface area contributed by atoms with E-state index in [1.807, 2.05) is 0 Å². The van der Waals surface area contributed by atoms with Crippen LogP contribution in [0.1, 0.15) is 25.7 Å². The normalized spacial score (nSPS) is 25.0. The molecule has 0 aromatic rings. The molecule has 3 heteroatoms. The fraction of sp³-hybridized carbons (Fsp3) is 0.556. The summed E-state index contributed by atoms with van der Waals surface area (Å²) in [5.41, 5.74) is -0.306. The van der Waals surface area contributed by atoms with Gasteiger partial charge < -0.3 is 0 Å². The van der Waals surface area contributed by atoms with Crippen molar-refractivity contribution in [3.63, 3.8) is 0 Å². The molecule has 1 heterocycles. The first-order valence-electron chi connectivity index (χ1n) is 4.03. The van der Waals surface area contributed by atoms with Crippen LogP contribution in [0.25, 0.3) is 0 Å². The Hall–Kier alpha value is -1.30. The zero-order chi connectivity index (χ0) is 8.60. The standard InChI is InChI=1S/C9H9NO2/c11-7-5-9(3-1-2-4-9)6-8(12)10-7/h1,3,5-6H2,(H,10,11,12). The van der Waals surface area contributed by atoms with Crippen LogP contribution in [-0.4, -0.2) is 11.8 Å². The van der Waals surface area contributed by atoms with Crippen molar-refractivity contribution in [2.75, 3.05) is 0 Å². The van der Waals surface area contributed by atoms with Gasteiger partial charge in [0.1, 0.15) is 0 Å². The maximum Gasteiger partial charge on any atom is 0.228 e. The Bertz CT molecular complexity index is 292. The Morgan fingerprint density at radius 2 is 1.92 bits per heavy atom. The molecule has 2 aliphatic rings. The van der Waals surface area contributed by atoms with Gasteiger partial charge >= 0.3 is 0 Å². The summed E-state index contributed by atoms with van der Waals surface area (Å²) in [6.07, 6.45) is 2.45. The number of piperidine rings is 1. The first-order valence-corrected chi connectivity index (χ1v) is 4.03. The Labute approximate surface area is 70.5 Å². The average Bonchev–Trinajstić information content (AvgIpc) is 2.33. The molecular weight excluding hydrogens is 154 g/mol. The Morgan fingerprint density at radius 3 is 2.42 bits per heavy atom. The molecule has 0 aromatic heterocycles. The summed E-state index contributed by atoms with van der Waals surface area (Å²) in [5.74, 6) is 5.59. The number of rotatable bonds is 0. The summed E-state index contributed by atoms with van der Waals surface area (Å²) in [5, 5.41) is 2.28. The molecule has 2 rings (SSSR count). The fourth-order valence-electron chi connectivity index (χ4n) is 1.80. The molecule has 2 amide bonds. The van der Waals surface area contributed by atoms with E-state index in [1.165, 1.54) is 0 Å². The number of hydrogen-bond acceptors (Lipinski definition) is 2. The molecule has 0 atom stereocenters. The van der Waals surface area contributed by atoms with E-state index in [0.717, 1.165) is 12.8 Å².